The Bertz CT molecular complexity index is 622. The fraction of sp³-hybridized carbons (Fsp3) is 0.316. The van der Waals surface area contributed by atoms with Gasteiger partial charge in [-0.3, -0.25) is 4.79 Å². The van der Waals surface area contributed by atoms with E-state index in [1.807, 2.05) is 61.6 Å². The maximum Gasteiger partial charge on any atom is 0.254 e. The van der Waals surface area contributed by atoms with Crippen molar-refractivity contribution in [1.29, 1.82) is 0 Å². The Kier molecular flexibility index (Phi) is 5.34. The van der Waals surface area contributed by atoms with Gasteiger partial charge in [-0.05, 0) is 23.1 Å². The summed E-state index contributed by atoms with van der Waals surface area (Å²) in [4.78, 5) is 14.7. The standard InChI is InChI=1S/C19H24N2O/c1-14(2)18(13-20)21(3)19(22)17-12-8-7-11-16(17)15-9-5-4-6-10-15/h4-12,14,18H,13,20H2,1-3H3/t18-/m1/s1. The number of amides is 1. The summed E-state index contributed by atoms with van der Waals surface area (Å²) in [5.74, 6) is 0.339. The molecule has 22 heavy (non-hydrogen) atoms. The number of rotatable bonds is 5. The second-order valence-corrected chi connectivity index (χ2v) is 5.87. The lowest BCUT2D eigenvalue weighted by molar-refractivity contribution is 0.0697. The van der Waals surface area contributed by atoms with E-state index in [2.05, 4.69) is 13.8 Å². The molecular formula is C19H24N2O. The predicted octanol–water partition coefficient (Wildman–Crippen LogP) is 3.41. The summed E-state index contributed by atoms with van der Waals surface area (Å²) in [6.45, 7) is 4.64. The van der Waals surface area contributed by atoms with Crippen LogP contribution in [0.3, 0.4) is 0 Å². The molecule has 0 heterocycles. The van der Waals surface area contributed by atoms with Gasteiger partial charge in [-0.25, -0.2) is 0 Å². The summed E-state index contributed by atoms with van der Waals surface area (Å²) in [5.41, 5.74) is 8.57. The number of carbonyl (C=O) groups is 1. The quantitative estimate of drug-likeness (QED) is 0.919. The number of likely N-dealkylation sites (N-methyl/N-ethyl adjacent to an activating group) is 1. The molecule has 0 aliphatic rings. The minimum Gasteiger partial charge on any atom is -0.337 e. The number of nitrogens with zero attached hydrogens (tertiary/aromatic N) is 1. The first kappa shape index (κ1) is 16.2. The average molecular weight is 296 g/mol. The third-order valence-corrected chi connectivity index (χ3v) is 4.07. The van der Waals surface area contributed by atoms with Gasteiger partial charge in [-0.2, -0.15) is 0 Å². The number of carbonyl (C=O) groups excluding carboxylic acids is 1. The molecule has 2 N–H and O–H groups in total. The monoisotopic (exact) mass is 296 g/mol. The molecule has 0 aromatic heterocycles. The topological polar surface area (TPSA) is 46.3 Å². The number of hydrogen-bond acceptors (Lipinski definition) is 2. The van der Waals surface area contributed by atoms with Crippen LogP contribution in [0.5, 0.6) is 0 Å². The second-order valence-electron chi connectivity index (χ2n) is 5.87. The summed E-state index contributed by atoms with van der Waals surface area (Å²) >= 11 is 0. The van der Waals surface area contributed by atoms with Crippen LogP contribution in [0, 0.1) is 5.92 Å². The van der Waals surface area contributed by atoms with Crippen LogP contribution in [0.4, 0.5) is 0 Å². The van der Waals surface area contributed by atoms with Gasteiger partial charge in [0.1, 0.15) is 0 Å². The van der Waals surface area contributed by atoms with Crippen LogP contribution in [-0.4, -0.2) is 30.4 Å². The van der Waals surface area contributed by atoms with Crippen LogP contribution in [0.25, 0.3) is 11.1 Å². The van der Waals surface area contributed by atoms with Crippen molar-refractivity contribution in [3.8, 4) is 11.1 Å². The number of nitrogens with two attached hydrogens (primary N) is 1. The lowest BCUT2D eigenvalue weighted by Crippen LogP contribution is -2.45. The van der Waals surface area contributed by atoms with Crippen molar-refractivity contribution in [2.24, 2.45) is 11.7 Å². The Balaban J connectivity index is 2.39. The highest BCUT2D eigenvalue weighted by Crippen LogP contribution is 2.25. The normalized spacial score (nSPS) is 12.2. The Hall–Kier alpha value is -2.13. The van der Waals surface area contributed by atoms with Gasteiger partial charge >= 0.3 is 0 Å². The van der Waals surface area contributed by atoms with Gasteiger partial charge in [-0.15, -0.1) is 0 Å². The van der Waals surface area contributed by atoms with E-state index in [9.17, 15) is 4.79 Å². The van der Waals surface area contributed by atoms with Crippen molar-refractivity contribution < 1.29 is 4.79 Å². The molecule has 2 rings (SSSR count). The maximum atomic E-state index is 12.9. The Morgan fingerprint density at radius 2 is 1.64 bits per heavy atom. The van der Waals surface area contributed by atoms with Gasteiger partial charge in [0.15, 0.2) is 0 Å². The summed E-state index contributed by atoms with van der Waals surface area (Å²) in [6, 6.07) is 17.8. The van der Waals surface area contributed by atoms with Crippen molar-refractivity contribution >= 4 is 5.91 Å². The van der Waals surface area contributed by atoms with E-state index in [-0.39, 0.29) is 11.9 Å². The van der Waals surface area contributed by atoms with Crippen molar-refractivity contribution in [1.82, 2.24) is 4.90 Å². The fourth-order valence-electron chi connectivity index (χ4n) is 2.76. The minimum absolute atomic E-state index is 0.0172. The van der Waals surface area contributed by atoms with E-state index in [1.165, 1.54) is 0 Å². The third kappa shape index (κ3) is 3.37. The first-order valence-corrected chi connectivity index (χ1v) is 7.68. The molecule has 2 aromatic carbocycles. The van der Waals surface area contributed by atoms with E-state index in [1.54, 1.807) is 4.90 Å². The van der Waals surface area contributed by atoms with Crippen LogP contribution in [-0.2, 0) is 0 Å². The molecule has 0 bridgehead atoms. The highest BCUT2D eigenvalue weighted by atomic mass is 16.2. The number of hydrogen-bond donors (Lipinski definition) is 1. The molecule has 0 spiro atoms. The molecule has 1 atom stereocenters. The van der Waals surface area contributed by atoms with Crippen molar-refractivity contribution in [2.45, 2.75) is 19.9 Å². The van der Waals surface area contributed by atoms with Crippen LogP contribution >= 0.6 is 0 Å². The van der Waals surface area contributed by atoms with Crippen LogP contribution < -0.4 is 5.73 Å². The molecule has 2 aromatic rings. The van der Waals surface area contributed by atoms with Gasteiger partial charge < -0.3 is 10.6 Å². The highest BCUT2D eigenvalue weighted by Gasteiger charge is 2.24. The van der Waals surface area contributed by atoms with Crippen molar-refractivity contribution in [3.05, 3.63) is 60.2 Å². The Morgan fingerprint density at radius 1 is 1.05 bits per heavy atom. The summed E-state index contributed by atoms with van der Waals surface area (Å²) in [6.07, 6.45) is 0. The maximum absolute atomic E-state index is 12.9. The predicted molar refractivity (Wildman–Crippen MR) is 91.7 cm³/mol. The summed E-state index contributed by atoms with van der Waals surface area (Å²) in [7, 11) is 1.83. The molecule has 0 radical (unpaired) electrons. The molecule has 116 valence electrons. The van der Waals surface area contributed by atoms with Crippen LogP contribution in [0.2, 0.25) is 0 Å². The second kappa shape index (κ2) is 7.23. The van der Waals surface area contributed by atoms with E-state index >= 15 is 0 Å². The first-order valence-electron chi connectivity index (χ1n) is 7.68. The fourth-order valence-corrected chi connectivity index (χ4v) is 2.76. The molecule has 0 saturated carbocycles. The van der Waals surface area contributed by atoms with E-state index < -0.39 is 0 Å². The van der Waals surface area contributed by atoms with E-state index in [0.717, 1.165) is 16.7 Å². The highest BCUT2D eigenvalue weighted by molar-refractivity contribution is 6.00. The molecule has 0 aliphatic heterocycles. The smallest absolute Gasteiger partial charge is 0.254 e. The molecule has 0 unspecified atom stereocenters. The van der Waals surface area contributed by atoms with Gasteiger partial charge in [-0.1, -0.05) is 62.4 Å². The number of benzene rings is 2. The van der Waals surface area contributed by atoms with Gasteiger partial charge in [0.05, 0.1) is 0 Å². The Morgan fingerprint density at radius 3 is 2.23 bits per heavy atom. The third-order valence-electron chi connectivity index (χ3n) is 4.07. The Labute approximate surface area is 132 Å². The summed E-state index contributed by atoms with van der Waals surface area (Å²) < 4.78 is 0. The molecule has 1 amide bonds. The molecular weight excluding hydrogens is 272 g/mol. The first-order chi connectivity index (χ1) is 10.6. The van der Waals surface area contributed by atoms with Gasteiger partial charge in [0, 0.05) is 25.2 Å². The lowest BCUT2D eigenvalue weighted by Gasteiger charge is -2.30. The minimum atomic E-state index is 0.0172. The van der Waals surface area contributed by atoms with Crippen molar-refractivity contribution in [3.63, 3.8) is 0 Å². The molecule has 0 saturated heterocycles. The van der Waals surface area contributed by atoms with Crippen LogP contribution in [0.1, 0.15) is 24.2 Å². The van der Waals surface area contributed by atoms with Gasteiger partial charge in [0.2, 0.25) is 0 Å². The molecule has 0 fully saturated rings. The molecule has 3 nitrogen and oxygen atoms in total. The molecule has 3 heteroatoms. The lowest BCUT2D eigenvalue weighted by atomic mass is 9.97. The van der Waals surface area contributed by atoms with E-state index in [4.69, 9.17) is 5.73 Å². The van der Waals surface area contributed by atoms with Crippen molar-refractivity contribution in [2.75, 3.05) is 13.6 Å². The zero-order valence-corrected chi connectivity index (χ0v) is 13.5. The van der Waals surface area contributed by atoms with Gasteiger partial charge in [0.25, 0.3) is 5.91 Å². The molecule has 0 aliphatic carbocycles. The SMILES string of the molecule is CC(C)[C@@H](CN)N(C)C(=O)c1ccccc1-c1ccccc1. The summed E-state index contributed by atoms with van der Waals surface area (Å²) in [5, 5.41) is 0. The zero-order chi connectivity index (χ0) is 16.1. The largest absolute Gasteiger partial charge is 0.337 e. The average Bonchev–Trinajstić information content (AvgIpc) is 2.55. The zero-order valence-electron chi connectivity index (χ0n) is 13.5. The van der Waals surface area contributed by atoms with E-state index in [0.29, 0.717) is 12.5 Å². The van der Waals surface area contributed by atoms with Crippen LogP contribution in [0.15, 0.2) is 54.6 Å².